The topological polar surface area (TPSA) is 63.0 Å². The van der Waals surface area contributed by atoms with Crippen LogP contribution in [0.5, 0.6) is 0 Å². The van der Waals surface area contributed by atoms with Gasteiger partial charge in [-0.3, -0.25) is 9.20 Å². The second-order valence-corrected chi connectivity index (χ2v) is 8.26. The largest absolute Gasteiger partial charge is 0.333 e. The monoisotopic (exact) mass is 368 g/mol. The first-order valence-electron chi connectivity index (χ1n) is 8.39. The van der Waals surface area contributed by atoms with Gasteiger partial charge in [-0.2, -0.15) is 0 Å². The van der Waals surface area contributed by atoms with Crippen molar-refractivity contribution in [2.75, 3.05) is 0 Å². The highest BCUT2D eigenvalue weighted by molar-refractivity contribution is 7.98. The fraction of sp³-hybridized carbons (Fsp3) is 0.278. The Hall–Kier alpha value is -2.12. The summed E-state index contributed by atoms with van der Waals surface area (Å²) in [5, 5.41) is 0.855. The first-order valence-corrected chi connectivity index (χ1v) is 10.2. The Bertz CT molecular complexity index is 1110. The lowest BCUT2D eigenvalue weighted by Gasteiger charge is -2.10. The van der Waals surface area contributed by atoms with E-state index in [0.29, 0.717) is 5.75 Å². The number of aromatic nitrogens is 4. The maximum absolute atomic E-state index is 12.6. The number of aromatic amines is 1. The molecular weight excluding hydrogens is 352 g/mol. The van der Waals surface area contributed by atoms with Crippen LogP contribution in [0.1, 0.15) is 29.1 Å². The minimum atomic E-state index is 0.0459. The van der Waals surface area contributed by atoms with Crippen molar-refractivity contribution in [3.05, 3.63) is 57.0 Å². The molecule has 0 bridgehead atoms. The first-order chi connectivity index (χ1) is 12.3. The standard InChI is InChI=1S/C18H16N4OS2/c23-16-9-11(10-24-17-20-12-5-1-2-6-13(12)21-17)19-18-22(16)14-7-3-4-8-15(14)25-18/h1-2,5-6,9H,3-4,7-8,10H2,(H,20,21). The molecule has 5 rings (SSSR count). The molecule has 0 saturated carbocycles. The molecule has 0 aliphatic heterocycles. The van der Waals surface area contributed by atoms with Gasteiger partial charge in [-0.1, -0.05) is 23.9 Å². The van der Waals surface area contributed by atoms with Gasteiger partial charge in [0.05, 0.1) is 16.7 Å². The molecule has 3 aromatic heterocycles. The van der Waals surface area contributed by atoms with E-state index in [4.69, 9.17) is 4.98 Å². The van der Waals surface area contributed by atoms with Crippen LogP contribution in [0.25, 0.3) is 16.0 Å². The van der Waals surface area contributed by atoms with Crippen molar-refractivity contribution in [2.24, 2.45) is 0 Å². The zero-order chi connectivity index (χ0) is 16.8. The SMILES string of the molecule is O=c1cc(CSc2nc3ccccc3[nH]2)nc2sc3c(n12)CCCC3. The number of nitrogens with zero attached hydrogens (tertiary/aromatic N) is 3. The van der Waals surface area contributed by atoms with Gasteiger partial charge in [-0.15, -0.1) is 11.3 Å². The third-order valence-electron chi connectivity index (χ3n) is 4.54. The summed E-state index contributed by atoms with van der Waals surface area (Å²) in [5.41, 5.74) is 4.03. The highest BCUT2D eigenvalue weighted by atomic mass is 32.2. The van der Waals surface area contributed by atoms with Crippen LogP contribution in [0.3, 0.4) is 0 Å². The van der Waals surface area contributed by atoms with Gasteiger partial charge in [0.15, 0.2) is 10.1 Å². The summed E-state index contributed by atoms with van der Waals surface area (Å²) in [6, 6.07) is 9.64. The van der Waals surface area contributed by atoms with Crippen molar-refractivity contribution in [3.8, 4) is 0 Å². The van der Waals surface area contributed by atoms with Crippen molar-refractivity contribution in [2.45, 2.75) is 36.6 Å². The average molecular weight is 368 g/mol. The number of hydrogen-bond donors (Lipinski definition) is 1. The summed E-state index contributed by atoms with van der Waals surface area (Å²) in [4.78, 5) is 27.3. The molecule has 1 N–H and O–H groups in total. The number of rotatable bonds is 3. The molecule has 0 saturated heterocycles. The van der Waals surface area contributed by atoms with Crippen LogP contribution in [0, 0.1) is 0 Å². The van der Waals surface area contributed by atoms with Crippen molar-refractivity contribution in [1.82, 2.24) is 19.4 Å². The Balaban J connectivity index is 1.45. The zero-order valence-electron chi connectivity index (χ0n) is 13.5. The summed E-state index contributed by atoms with van der Waals surface area (Å²) in [5.74, 6) is 0.633. The van der Waals surface area contributed by atoms with Crippen molar-refractivity contribution in [3.63, 3.8) is 0 Å². The van der Waals surface area contributed by atoms with Gasteiger partial charge in [0.25, 0.3) is 5.56 Å². The van der Waals surface area contributed by atoms with Gasteiger partial charge >= 0.3 is 0 Å². The zero-order valence-corrected chi connectivity index (χ0v) is 15.1. The molecular formula is C18H16N4OS2. The van der Waals surface area contributed by atoms with Crippen molar-refractivity contribution >= 4 is 39.1 Å². The molecule has 0 atom stereocenters. The number of benzene rings is 1. The van der Waals surface area contributed by atoms with Gasteiger partial charge < -0.3 is 4.98 Å². The molecule has 0 amide bonds. The number of fused-ring (bicyclic) bond motifs is 4. The normalized spacial score (nSPS) is 14.2. The molecule has 0 unspecified atom stereocenters. The molecule has 3 heterocycles. The summed E-state index contributed by atoms with van der Waals surface area (Å²) < 4.78 is 1.81. The van der Waals surface area contributed by atoms with Crippen LogP contribution >= 0.6 is 23.1 Å². The van der Waals surface area contributed by atoms with Crippen LogP contribution < -0.4 is 5.56 Å². The highest BCUT2D eigenvalue weighted by Crippen LogP contribution is 2.29. The van der Waals surface area contributed by atoms with Gasteiger partial charge in [-0.25, -0.2) is 9.97 Å². The van der Waals surface area contributed by atoms with E-state index in [1.807, 2.05) is 28.7 Å². The number of thioether (sulfide) groups is 1. The Morgan fingerprint density at radius 3 is 3.00 bits per heavy atom. The van der Waals surface area contributed by atoms with E-state index < -0.39 is 0 Å². The van der Waals surface area contributed by atoms with Crippen LogP contribution in [0.4, 0.5) is 0 Å². The number of H-pyrrole nitrogens is 1. The molecule has 0 radical (unpaired) electrons. The third-order valence-corrected chi connectivity index (χ3v) is 6.59. The number of imidazole rings is 1. The third kappa shape index (κ3) is 2.67. The number of aryl methyl sites for hydroxylation is 2. The van der Waals surface area contributed by atoms with Gasteiger partial charge in [0, 0.05) is 22.4 Å². The maximum atomic E-state index is 12.6. The molecule has 126 valence electrons. The Morgan fingerprint density at radius 2 is 2.08 bits per heavy atom. The van der Waals surface area contributed by atoms with E-state index in [1.54, 1.807) is 29.2 Å². The highest BCUT2D eigenvalue weighted by Gasteiger charge is 2.18. The van der Waals surface area contributed by atoms with Gasteiger partial charge in [-0.05, 0) is 37.8 Å². The average Bonchev–Trinajstić information content (AvgIpc) is 3.20. The van der Waals surface area contributed by atoms with E-state index >= 15 is 0 Å². The number of nitrogens with one attached hydrogen (secondary N) is 1. The summed E-state index contributed by atoms with van der Waals surface area (Å²) in [6.07, 6.45) is 4.44. The first kappa shape index (κ1) is 15.2. The second-order valence-electron chi connectivity index (χ2n) is 6.23. The molecule has 0 fully saturated rings. The summed E-state index contributed by atoms with van der Waals surface area (Å²) in [7, 11) is 0. The van der Waals surface area contributed by atoms with Crippen LogP contribution in [-0.4, -0.2) is 19.4 Å². The van der Waals surface area contributed by atoms with E-state index in [1.165, 1.54) is 17.0 Å². The van der Waals surface area contributed by atoms with Gasteiger partial charge in [0.1, 0.15) is 0 Å². The molecule has 1 aliphatic carbocycles. The molecule has 1 aliphatic rings. The quantitative estimate of drug-likeness (QED) is 0.559. The van der Waals surface area contributed by atoms with Gasteiger partial charge in [0.2, 0.25) is 0 Å². The van der Waals surface area contributed by atoms with E-state index in [-0.39, 0.29) is 5.56 Å². The Kier molecular flexibility index (Phi) is 3.64. The molecule has 25 heavy (non-hydrogen) atoms. The Labute approximate surface area is 152 Å². The minimum Gasteiger partial charge on any atom is -0.333 e. The lowest BCUT2D eigenvalue weighted by Crippen LogP contribution is -2.17. The molecule has 4 aromatic rings. The minimum absolute atomic E-state index is 0.0459. The number of thiazole rings is 1. The molecule has 1 aromatic carbocycles. The van der Waals surface area contributed by atoms with Crippen LogP contribution in [0.2, 0.25) is 0 Å². The Morgan fingerprint density at radius 1 is 1.20 bits per heavy atom. The lowest BCUT2D eigenvalue weighted by molar-refractivity contribution is 0.670. The molecule has 7 heteroatoms. The molecule has 5 nitrogen and oxygen atoms in total. The second kappa shape index (κ2) is 6.00. The van der Waals surface area contributed by atoms with Crippen LogP contribution in [0.15, 0.2) is 40.3 Å². The number of para-hydroxylation sites is 2. The van der Waals surface area contributed by atoms with E-state index in [9.17, 15) is 4.79 Å². The van der Waals surface area contributed by atoms with E-state index in [0.717, 1.165) is 46.1 Å². The predicted molar refractivity (Wildman–Crippen MR) is 102 cm³/mol. The number of hydrogen-bond acceptors (Lipinski definition) is 5. The van der Waals surface area contributed by atoms with E-state index in [2.05, 4.69) is 9.97 Å². The summed E-state index contributed by atoms with van der Waals surface area (Å²) >= 11 is 3.25. The maximum Gasteiger partial charge on any atom is 0.259 e. The fourth-order valence-electron chi connectivity index (χ4n) is 3.36. The predicted octanol–water partition coefficient (Wildman–Crippen LogP) is 3.80. The fourth-order valence-corrected chi connectivity index (χ4v) is 5.37. The lowest BCUT2D eigenvalue weighted by atomic mass is 10.0. The molecule has 0 spiro atoms. The van der Waals surface area contributed by atoms with Crippen molar-refractivity contribution < 1.29 is 0 Å². The smallest absolute Gasteiger partial charge is 0.259 e. The summed E-state index contributed by atoms with van der Waals surface area (Å²) in [6.45, 7) is 0. The van der Waals surface area contributed by atoms with Crippen molar-refractivity contribution in [1.29, 1.82) is 0 Å². The van der Waals surface area contributed by atoms with Crippen LogP contribution in [-0.2, 0) is 18.6 Å².